The Bertz CT molecular complexity index is 360. The van der Waals surface area contributed by atoms with E-state index >= 15 is 0 Å². The first-order valence-electron chi connectivity index (χ1n) is 8.14. The number of phenolic OH excluding ortho intramolecular Hbond substituents is 1. The van der Waals surface area contributed by atoms with Crippen LogP contribution in [0.2, 0.25) is 0 Å². The van der Waals surface area contributed by atoms with Crippen LogP contribution in [0.5, 0.6) is 5.75 Å². The molecule has 0 aliphatic carbocycles. The van der Waals surface area contributed by atoms with Crippen molar-refractivity contribution in [3.63, 3.8) is 0 Å². The molecule has 1 aromatic rings. The summed E-state index contributed by atoms with van der Waals surface area (Å²) in [5.41, 5.74) is 2.07. The lowest BCUT2D eigenvalue weighted by atomic mass is 10.0. The molecule has 0 fully saturated rings. The predicted octanol–water partition coefficient (Wildman–Crippen LogP) is 4.75. The first kappa shape index (κ1) is 17.0. The van der Waals surface area contributed by atoms with Gasteiger partial charge in [0, 0.05) is 6.61 Å². The summed E-state index contributed by atoms with van der Waals surface area (Å²) in [6.45, 7) is 2.29. The Morgan fingerprint density at radius 1 is 0.800 bits per heavy atom. The van der Waals surface area contributed by atoms with Crippen LogP contribution in [-0.4, -0.2) is 16.8 Å². The Morgan fingerprint density at radius 2 is 1.35 bits per heavy atom. The number of hydrogen-bond donors (Lipinski definition) is 2. The molecule has 2 N–H and O–H groups in total. The molecule has 20 heavy (non-hydrogen) atoms. The minimum Gasteiger partial charge on any atom is -0.507 e. The van der Waals surface area contributed by atoms with Gasteiger partial charge in [-0.15, -0.1) is 0 Å². The summed E-state index contributed by atoms with van der Waals surface area (Å²) in [5.74, 6) is 0.483. The topological polar surface area (TPSA) is 40.5 Å². The molecule has 0 aliphatic heterocycles. The monoisotopic (exact) mass is 278 g/mol. The third-order valence-corrected chi connectivity index (χ3v) is 3.93. The fourth-order valence-electron chi connectivity index (χ4n) is 2.59. The molecule has 2 heteroatoms. The van der Waals surface area contributed by atoms with Gasteiger partial charge in [0.25, 0.3) is 0 Å². The lowest BCUT2D eigenvalue weighted by Gasteiger charge is -2.07. The summed E-state index contributed by atoms with van der Waals surface area (Å²) in [7, 11) is 0. The molecule has 0 saturated heterocycles. The second-order valence-corrected chi connectivity index (χ2v) is 5.74. The highest BCUT2D eigenvalue weighted by atomic mass is 16.3. The Labute approximate surface area is 123 Å². The standard InChI is InChI=1S/C18H30O2/c1-16-12-11-14-17(18(16)20)13-9-7-5-3-2-4-6-8-10-15-19/h11-12,14,19-20H,2-10,13,15H2,1H3. The largest absolute Gasteiger partial charge is 0.507 e. The lowest BCUT2D eigenvalue weighted by Crippen LogP contribution is -1.89. The Balaban J connectivity index is 1.98. The Kier molecular flexibility index (Phi) is 9.14. The van der Waals surface area contributed by atoms with E-state index in [-0.39, 0.29) is 0 Å². The number of aliphatic hydroxyl groups excluding tert-OH is 1. The van der Waals surface area contributed by atoms with Gasteiger partial charge in [0.05, 0.1) is 0 Å². The number of rotatable bonds is 11. The van der Waals surface area contributed by atoms with Crippen molar-refractivity contribution < 1.29 is 10.2 Å². The molecule has 0 unspecified atom stereocenters. The van der Waals surface area contributed by atoms with Crippen LogP contribution >= 0.6 is 0 Å². The van der Waals surface area contributed by atoms with E-state index in [0.29, 0.717) is 12.4 Å². The second kappa shape index (κ2) is 10.7. The molecule has 0 amide bonds. The normalized spacial score (nSPS) is 10.9. The van der Waals surface area contributed by atoms with Crippen LogP contribution in [0, 0.1) is 6.92 Å². The number of unbranched alkanes of at least 4 members (excludes halogenated alkanes) is 8. The van der Waals surface area contributed by atoms with Gasteiger partial charge in [0.15, 0.2) is 0 Å². The summed E-state index contributed by atoms with van der Waals surface area (Å²) in [6.07, 6.45) is 12.0. The molecule has 0 spiro atoms. The van der Waals surface area contributed by atoms with Crippen molar-refractivity contribution in [3.05, 3.63) is 29.3 Å². The number of aliphatic hydroxyl groups is 1. The van der Waals surface area contributed by atoms with Crippen molar-refractivity contribution in [3.8, 4) is 5.75 Å². The van der Waals surface area contributed by atoms with E-state index in [2.05, 4.69) is 0 Å². The molecule has 2 nitrogen and oxygen atoms in total. The van der Waals surface area contributed by atoms with Crippen molar-refractivity contribution in [1.82, 2.24) is 0 Å². The Hall–Kier alpha value is -1.02. The number of para-hydroxylation sites is 1. The molecule has 0 saturated carbocycles. The zero-order valence-corrected chi connectivity index (χ0v) is 12.9. The molecule has 0 aliphatic rings. The molecule has 114 valence electrons. The zero-order valence-electron chi connectivity index (χ0n) is 12.9. The van der Waals surface area contributed by atoms with Gasteiger partial charge in [-0.2, -0.15) is 0 Å². The van der Waals surface area contributed by atoms with Crippen molar-refractivity contribution in [1.29, 1.82) is 0 Å². The summed E-state index contributed by atoms with van der Waals surface area (Å²) in [6, 6.07) is 6.01. The highest BCUT2D eigenvalue weighted by Crippen LogP contribution is 2.23. The molecular weight excluding hydrogens is 248 g/mol. The van der Waals surface area contributed by atoms with Crippen LogP contribution in [0.3, 0.4) is 0 Å². The molecule has 1 aromatic carbocycles. The van der Waals surface area contributed by atoms with Gasteiger partial charge in [0.2, 0.25) is 0 Å². The number of hydrogen-bond acceptors (Lipinski definition) is 2. The van der Waals surface area contributed by atoms with Crippen LogP contribution in [0.4, 0.5) is 0 Å². The summed E-state index contributed by atoms with van der Waals surface area (Å²) < 4.78 is 0. The van der Waals surface area contributed by atoms with Gasteiger partial charge < -0.3 is 10.2 Å². The van der Waals surface area contributed by atoms with Crippen molar-refractivity contribution in [2.75, 3.05) is 6.61 Å². The van der Waals surface area contributed by atoms with E-state index < -0.39 is 0 Å². The first-order chi connectivity index (χ1) is 9.75. The van der Waals surface area contributed by atoms with Gasteiger partial charge in [-0.3, -0.25) is 0 Å². The third-order valence-electron chi connectivity index (χ3n) is 3.93. The number of benzene rings is 1. The summed E-state index contributed by atoms with van der Waals surface area (Å²) in [5, 5.41) is 18.6. The van der Waals surface area contributed by atoms with E-state index in [1.807, 2.05) is 25.1 Å². The number of aromatic hydroxyl groups is 1. The molecule has 0 radical (unpaired) electrons. The maximum atomic E-state index is 9.92. The van der Waals surface area contributed by atoms with Crippen LogP contribution in [0.1, 0.15) is 68.9 Å². The lowest BCUT2D eigenvalue weighted by molar-refractivity contribution is 0.282. The van der Waals surface area contributed by atoms with Gasteiger partial charge in [0.1, 0.15) is 5.75 Å². The van der Waals surface area contributed by atoms with Gasteiger partial charge in [-0.05, 0) is 37.3 Å². The molecule has 0 atom stereocenters. The van der Waals surface area contributed by atoms with Gasteiger partial charge in [-0.25, -0.2) is 0 Å². The third kappa shape index (κ3) is 6.95. The van der Waals surface area contributed by atoms with E-state index in [4.69, 9.17) is 5.11 Å². The van der Waals surface area contributed by atoms with Gasteiger partial charge in [-0.1, -0.05) is 63.1 Å². The van der Waals surface area contributed by atoms with Crippen LogP contribution in [0.25, 0.3) is 0 Å². The zero-order chi connectivity index (χ0) is 14.6. The van der Waals surface area contributed by atoms with Crippen LogP contribution in [0.15, 0.2) is 18.2 Å². The molecular formula is C18H30O2. The fraction of sp³-hybridized carbons (Fsp3) is 0.667. The second-order valence-electron chi connectivity index (χ2n) is 5.74. The smallest absolute Gasteiger partial charge is 0.121 e. The van der Waals surface area contributed by atoms with Crippen LogP contribution in [-0.2, 0) is 6.42 Å². The van der Waals surface area contributed by atoms with Gasteiger partial charge >= 0.3 is 0 Å². The van der Waals surface area contributed by atoms with Crippen molar-refractivity contribution in [2.24, 2.45) is 0 Å². The van der Waals surface area contributed by atoms with E-state index in [9.17, 15) is 5.11 Å². The predicted molar refractivity (Wildman–Crippen MR) is 85.2 cm³/mol. The Morgan fingerprint density at radius 3 is 1.95 bits per heavy atom. The maximum Gasteiger partial charge on any atom is 0.121 e. The number of aryl methyl sites for hydroxylation is 2. The minimum atomic E-state index is 0.339. The quantitative estimate of drug-likeness (QED) is 0.574. The van der Waals surface area contributed by atoms with Crippen molar-refractivity contribution >= 4 is 0 Å². The summed E-state index contributed by atoms with van der Waals surface area (Å²) >= 11 is 0. The molecule has 0 heterocycles. The first-order valence-corrected chi connectivity index (χ1v) is 8.14. The number of phenols is 1. The average molecular weight is 278 g/mol. The summed E-state index contributed by atoms with van der Waals surface area (Å²) in [4.78, 5) is 0. The fourth-order valence-corrected chi connectivity index (χ4v) is 2.59. The molecule has 0 aromatic heterocycles. The average Bonchev–Trinajstić information content (AvgIpc) is 2.45. The molecule has 0 bridgehead atoms. The highest BCUT2D eigenvalue weighted by molar-refractivity contribution is 5.39. The van der Waals surface area contributed by atoms with Crippen LogP contribution < -0.4 is 0 Å². The highest BCUT2D eigenvalue weighted by Gasteiger charge is 2.02. The van der Waals surface area contributed by atoms with Crippen molar-refractivity contribution in [2.45, 2.75) is 71.1 Å². The maximum absolute atomic E-state index is 9.92. The minimum absolute atomic E-state index is 0.339. The van der Waals surface area contributed by atoms with E-state index in [1.54, 1.807) is 0 Å². The van der Waals surface area contributed by atoms with E-state index in [0.717, 1.165) is 24.0 Å². The SMILES string of the molecule is Cc1cccc(CCCCCCCCCCCO)c1O. The van der Waals surface area contributed by atoms with E-state index in [1.165, 1.54) is 51.4 Å². The molecule has 1 rings (SSSR count).